The summed E-state index contributed by atoms with van der Waals surface area (Å²) >= 11 is 0. The minimum atomic E-state index is -4.49. The van der Waals surface area contributed by atoms with E-state index in [0.717, 1.165) is 12.1 Å². The maximum absolute atomic E-state index is 12.6. The molecule has 0 saturated carbocycles. The van der Waals surface area contributed by atoms with Gasteiger partial charge in [0, 0.05) is 11.3 Å². The summed E-state index contributed by atoms with van der Waals surface area (Å²) in [6, 6.07) is 10.6. The molecular weight excluding hydrogens is 309 g/mol. The van der Waals surface area contributed by atoms with Crippen molar-refractivity contribution in [2.24, 2.45) is 5.73 Å². The number of nitrogens with two attached hydrogens (primary N) is 1. The minimum Gasteiger partial charge on any atom is -0.366 e. The number of primary amides is 1. The third kappa shape index (κ3) is 4.32. The fourth-order valence-electron chi connectivity index (χ4n) is 2.07. The lowest BCUT2D eigenvalue weighted by molar-refractivity contribution is -0.137. The molecule has 0 atom stereocenters. The lowest BCUT2D eigenvalue weighted by atomic mass is 10.0. The van der Waals surface area contributed by atoms with Crippen LogP contribution in [0.25, 0.3) is 0 Å². The molecule has 0 bridgehead atoms. The summed E-state index contributed by atoms with van der Waals surface area (Å²) in [6.45, 7) is 0. The van der Waals surface area contributed by atoms with Crippen LogP contribution in [0.15, 0.2) is 48.5 Å². The van der Waals surface area contributed by atoms with Crippen LogP contribution in [0.2, 0.25) is 0 Å². The van der Waals surface area contributed by atoms with Crippen molar-refractivity contribution in [3.8, 4) is 0 Å². The number of hydrogen-bond donors (Lipinski definition) is 2. The van der Waals surface area contributed by atoms with E-state index in [2.05, 4.69) is 5.32 Å². The van der Waals surface area contributed by atoms with E-state index in [-0.39, 0.29) is 17.7 Å². The Kier molecular flexibility index (Phi) is 4.68. The molecule has 0 aromatic heterocycles. The number of benzene rings is 2. The molecule has 0 aliphatic rings. The van der Waals surface area contributed by atoms with Crippen LogP contribution in [-0.2, 0) is 17.4 Å². The van der Waals surface area contributed by atoms with Crippen molar-refractivity contribution in [1.82, 2.24) is 0 Å². The molecule has 0 spiro atoms. The second kappa shape index (κ2) is 6.51. The first-order valence-corrected chi connectivity index (χ1v) is 6.62. The molecule has 0 fully saturated rings. The van der Waals surface area contributed by atoms with Gasteiger partial charge in [-0.05, 0) is 29.8 Å². The monoisotopic (exact) mass is 322 g/mol. The second-order valence-electron chi connectivity index (χ2n) is 4.82. The van der Waals surface area contributed by atoms with Gasteiger partial charge in [0.15, 0.2) is 0 Å². The van der Waals surface area contributed by atoms with Gasteiger partial charge in [0.05, 0.1) is 12.0 Å². The zero-order chi connectivity index (χ0) is 17.0. The Hall–Kier alpha value is -2.83. The molecule has 0 aliphatic carbocycles. The summed E-state index contributed by atoms with van der Waals surface area (Å²) in [7, 11) is 0. The number of anilines is 1. The summed E-state index contributed by atoms with van der Waals surface area (Å²) in [5.41, 5.74) is 5.00. The Balaban J connectivity index is 2.13. The summed E-state index contributed by atoms with van der Waals surface area (Å²) < 4.78 is 37.9. The molecule has 2 rings (SSSR count). The first-order chi connectivity index (χ1) is 10.8. The van der Waals surface area contributed by atoms with Gasteiger partial charge in [-0.1, -0.05) is 24.3 Å². The number of hydrogen-bond acceptors (Lipinski definition) is 2. The van der Waals surface area contributed by atoms with Crippen molar-refractivity contribution < 1.29 is 22.8 Å². The average Bonchev–Trinajstić information content (AvgIpc) is 2.46. The third-order valence-electron chi connectivity index (χ3n) is 3.11. The van der Waals surface area contributed by atoms with E-state index in [9.17, 15) is 22.8 Å². The zero-order valence-electron chi connectivity index (χ0n) is 11.9. The number of nitrogens with one attached hydrogen (secondary N) is 1. The van der Waals surface area contributed by atoms with Crippen LogP contribution in [0.4, 0.5) is 18.9 Å². The van der Waals surface area contributed by atoms with E-state index >= 15 is 0 Å². The molecule has 2 aromatic carbocycles. The highest BCUT2D eigenvalue weighted by molar-refractivity contribution is 5.98. The van der Waals surface area contributed by atoms with Gasteiger partial charge >= 0.3 is 6.18 Å². The molecule has 0 radical (unpaired) electrons. The Morgan fingerprint density at radius 3 is 2.39 bits per heavy atom. The summed E-state index contributed by atoms with van der Waals surface area (Å²) in [6.07, 6.45) is -4.66. The number of halogens is 3. The van der Waals surface area contributed by atoms with E-state index in [1.807, 2.05) is 0 Å². The van der Waals surface area contributed by atoms with Crippen molar-refractivity contribution in [2.75, 3.05) is 5.32 Å². The predicted molar refractivity (Wildman–Crippen MR) is 78.7 cm³/mol. The smallest absolute Gasteiger partial charge is 0.366 e. The molecule has 120 valence electrons. The van der Waals surface area contributed by atoms with Crippen molar-refractivity contribution in [3.63, 3.8) is 0 Å². The van der Waals surface area contributed by atoms with Gasteiger partial charge in [0.25, 0.3) is 0 Å². The molecular formula is C16H13F3N2O2. The maximum Gasteiger partial charge on any atom is 0.416 e. The first-order valence-electron chi connectivity index (χ1n) is 6.62. The molecule has 2 aromatic rings. The molecule has 2 amide bonds. The number of rotatable bonds is 4. The second-order valence-corrected chi connectivity index (χ2v) is 4.82. The SMILES string of the molecule is NC(=O)c1ccccc1CC(=O)Nc1cccc(C(F)(F)F)c1. The van der Waals surface area contributed by atoms with Crippen molar-refractivity contribution in [2.45, 2.75) is 12.6 Å². The quantitative estimate of drug-likeness (QED) is 0.908. The van der Waals surface area contributed by atoms with Crippen LogP contribution in [-0.4, -0.2) is 11.8 Å². The summed E-state index contributed by atoms with van der Waals surface area (Å²) in [5.74, 6) is -1.22. The van der Waals surface area contributed by atoms with Crippen LogP contribution in [0.1, 0.15) is 21.5 Å². The van der Waals surface area contributed by atoms with Crippen molar-refractivity contribution >= 4 is 17.5 Å². The van der Waals surface area contributed by atoms with E-state index in [0.29, 0.717) is 5.56 Å². The molecule has 0 heterocycles. The van der Waals surface area contributed by atoms with Crippen molar-refractivity contribution in [1.29, 1.82) is 0 Å². The molecule has 23 heavy (non-hydrogen) atoms. The maximum atomic E-state index is 12.6. The van der Waals surface area contributed by atoms with Gasteiger partial charge in [0.2, 0.25) is 11.8 Å². The van der Waals surface area contributed by atoms with Gasteiger partial charge in [-0.2, -0.15) is 13.2 Å². The lowest BCUT2D eigenvalue weighted by Crippen LogP contribution is -2.19. The van der Waals surface area contributed by atoms with Gasteiger partial charge in [-0.3, -0.25) is 9.59 Å². The Labute approximate surface area is 130 Å². The molecule has 0 aliphatic heterocycles. The number of amides is 2. The number of carbonyl (C=O) groups is 2. The van der Waals surface area contributed by atoms with Crippen molar-refractivity contribution in [3.05, 3.63) is 65.2 Å². The number of carbonyl (C=O) groups excluding carboxylic acids is 2. The lowest BCUT2D eigenvalue weighted by Gasteiger charge is -2.10. The minimum absolute atomic E-state index is 0.0291. The third-order valence-corrected chi connectivity index (χ3v) is 3.11. The van der Waals surface area contributed by atoms with E-state index in [1.165, 1.54) is 18.2 Å². The fraction of sp³-hybridized carbons (Fsp3) is 0.125. The largest absolute Gasteiger partial charge is 0.416 e. The highest BCUT2D eigenvalue weighted by Gasteiger charge is 2.30. The van der Waals surface area contributed by atoms with Crippen LogP contribution in [0.5, 0.6) is 0 Å². The summed E-state index contributed by atoms with van der Waals surface area (Å²) in [4.78, 5) is 23.3. The average molecular weight is 322 g/mol. The summed E-state index contributed by atoms with van der Waals surface area (Å²) in [5, 5.41) is 2.38. The molecule has 4 nitrogen and oxygen atoms in total. The van der Waals surface area contributed by atoms with E-state index < -0.39 is 23.6 Å². The van der Waals surface area contributed by atoms with Gasteiger partial charge < -0.3 is 11.1 Å². The molecule has 0 saturated heterocycles. The van der Waals surface area contributed by atoms with Crippen LogP contribution in [0, 0.1) is 0 Å². The molecule has 3 N–H and O–H groups in total. The number of alkyl halides is 3. The van der Waals surface area contributed by atoms with Crippen LogP contribution in [0.3, 0.4) is 0 Å². The van der Waals surface area contributed by atoms with Crippen LogP contribution >= 0.6 is 0 Å². The zero-order valence-corrected chi connectivity index (χ0v) is 11.9. The van der Waals surface area contributed by atoms with Gasteiger partial charge in [0.1, 0.15) is 0 Å². The topological polar surface area (TPSA) is 72.2 Å². The van der Waals surface area contributed by atoms with Crippen LogP contribution < -0.4 is 11.1 Å². The standard InChI is InChI=1S/C16H13F3N2O2/c17-16(18,19)11-5-3-6-12(9-11)21-14(22)8-10-4-1-2-7-13(10)15(20)23/h1-7,9H,8H2,(H2,20,23)(H,21,22). The van der Waals surface area contributed by atoms with E-state index in [4.69, 9.17) is 5.73 Å². The Morgan fingerprint density at radius 2 is 1.74 bits per heavy atom. The molecule has 7 heteroatoms. The van der Waals surface area contributed by atoms with E-state index in [1.54, 1.807) is 18.2 Å². The molecule has 0 unspecified atom stereocenters. The highest BCUT2D eigenvalue weighted by Crippen LogP contribution is 2.30. The predicted octanol–water partition coefficient (Wildman–Crippen LogP) is 2.99. The fourth-order valence-corrected chi connectivity index (χ4v) is 2.07. The Morgan fingerprint density at radius 1 is 1.04 bits per heavy atom. The highest BCUT2D eigenvalue weighted by atomic mass is 19.4. The normalized spacial score (nSPS) is 11.1. The Bertz CT molecular complexity index is 742. The van der Waals surface area contributed by atoms with Gasteiger partial charge in [-0.25, -0.2) is 0 Å². The first kappa shape index (κ1) is 16.5. The van der Waals surface area contributed by atoms with Gasteiger partial charge in [-0.15, -0.1) is 0 Å².